The van der Waals surface area contributed by atoms with E-state index in [4.69, 9.17) is 0 Å². The highest BCUT2D eigenvalue weighted by atomic mass is 32.2. The number of carbonyl (C=O) groups is 1. The summed E-state index contributed by atoms with van der Waals surface area (Å²) in [4.78, 5) is 10.3. The second kappa shape index (κ2) is 5.30. The Morgan fingerprint density at radius 3 is 2.30 bits per heavy atom. The lowest BCUT2D eigenvalue weighted by Gasteiger charge is -2.09. The zero-order valence-corrected chi connectivity index (χ0v) is 10.9. The Kier molecular flexibility index (Phi) is 3.71. The summed E-state index contributed by atoms with van der Waals surface area (Å²) >= 11 is 0. The molecule has 104 valence electrons. The summed E-state index contributed by atoms with van der Waals surface area (Å²) in [6.07, 6.45) is 0. The number of carboxylic acids is 1. The first-order chi connectivity index (χ1) is 9.38. The van der Waals surface area contributed by atoms with Crippen LogP contribution in [-0.2, 0) is 10.0 Å². The molecular weight excluding hydrogens is 285 g/mol. The van der Waals surface area contributed by atoms with E-state index in [0.29, 0.717) is 0 Å². The van der Waals surface area contributed by atoms with Crippen molar-refractivity contribution in [2.24, 2.45) is 0 Å². The molecule has 20 heavy (non-hydrogen) atoms. The number of aromatic carboxylic acids is 1. The SMILES string of the molecule is O=C([O-])c1ccc(NS(=O)(=O)c2cccc(F)c2)cc1. The van der Waals surface area contributed by atoms with Crippen molar-refractivity contribution in [3.8, 4) is 0 Å². The molecule has 0 saturated heterocycles. The van der Waals surface area contributed by atoms with Crippen molar-refractivity contribution in [3.63, 3.8) is 0 Å². The number of carbonyl (C=O) groups excluding carboxylic acids is 1. The zero-order chi connectivity index (χ0) is 14.8. The van der Waals surface area contributed by atoms with Crippen molar-refractivity contribution in [1.29, 1.82) is 0 Å². The highest BCUT2D eigenvalue weighted by Crippen LogP contribution is 2.17. The summed E-state index contributed by atoms with van der Waals surface area (Å²) in [6.45, 7) is 0. The van der Waals surface area contributed by atoms with Crippen LogP contribution in [0.4, 0.5) is 10.1 Å². The van der Waals surface area contributed by atoms with E-state index in [1.165, 1.54) is 36.4 Å². The number of benzene rings is 2. The number of hydrogen-bond acceptors (Lipinski definition) is 4. The van der Waals surface area contributed by atoms with Crippen LogP contribution < -0.4 is 9.83 Å². The Morgan fingerprint density at radius 2 is 1.75 bits per heavy atom. The van der Waals surface area contributed by atoms with Crippen molar-refractivity contribution < 1.29 is 22.7 Å². The van der Waals surface area contributed by atoms with Crippen LogP contribution >= 0.6 is 0 Å². The number of anilines is 1. The standard InChI is InChI=1S/C13H10FNO4S/c14-10-2-1-3-12(8-10)20(18,19)15-11-6-4-9(5-7-11)13(16)17/h1-8,15H,(H,16,17)/p-1. The van der Waals surface area contributed by atoms with Crippen molar-refractivity contribution in [2.45, 2.75) is 4.90 Å². The maximum Gasteiger partial charge on any atom is 0.261 e. The van der Waals surface area contributed by atoms with Crippen LogP contribution in [0.5, 0.6) is 0 Å². The van der Waals surface area contributed by atoms with E-state index in [-0.39, 0.29) is 16.1 Å². The topological polar surface area (TPSA) is 86.3 Å². The molecule has 0 saturated carbocycles. The summed E-state index contributed by atoms with van der Waals surface area (Å²) in [6, 6.07) is 9.52. The number of sulfonamides is 1. The number of hydrogen-bond donors (Lipinski definition) is 1. The van der Waals surface area contributed by atoms with Gasteiger partial charge in [-0.15, -0.1) is 0 Å². The van der Waals surface area contributed by atoms with Gasteiger partial charge in [-0.25, -0.2) is 12.8 Å². The van der Waals surface area contributed by atoms with Crippen LogP contribution in [-0.4, -0.2) is 14.4 Å². The molecule has 5 nitrogen and oxygen atoms in total. The van der Waals surface area contributed by atoms with Crippen molar-refractivity contribution in [2.75, 3.05) is 4.72 Å². The molecule has 0 aliphatic rings. The highest BCUT2D eigenvalue weighted by molar-refractivity contribution is 7.92. The zero-order valence-electron chi connectivity index (χ0n) is 10.0. The third kappa shape index (κ3) is 3.12. The van der Waals surface area contributed by atoms with Gasteiger partial charge in [0.2, 0.25) is 0 Å². The Morgan fingerprint density at radius 1 is 1.10 bits per heavy atom. The average molecular weight is 294 g/mol. The van der Waals surface area contributed by atoms with E-state index >= 15 is 0 Å². The largest absolute Gasteiger partial charge is 0.545 e. The predicted octanol–water partition coefficient (Wildman–Crippen LogP) is 0.990. The van der Waals surface area contributed by atoms with Gasteiger partial charge < -0.3 is 9.90 Å². The Balaban J connectivity index is 2.26. The quantitative estimate of drug-likeness (QED) is 0.911. The molecule has 0 fully saturated rings. The third-order valence-electron chi connectivity index (χ3n) is 2.48. The second-order valence-corrected chi connectivity index (χ2v) is 5.61. The van der Waals surface area contributed by atoms with E-state index in [2.05, 4.69) is 4.72 Å². The minimum atomic E-state index is -3.92. The summed E-state index contributed by atoms with van der Waals surface area (Å²) in [5.41, 5.74) is 0.0953. The molecule has 0 aromatic heterocycles. The molecule has 0 spiro atoms. The first-order valence-corrected chi connectivity index (χ1v) is 6.96. The van der Waals surface area contributed by atoms with E-state index < -0.39 is 21.8 Å². The maximum absolute atomic E-state index is 13.0. The minimum absolute atomic E-state index is 0.0706. The summed E-state index contributed by atoms with van der Waals surface area (Å²) in [5, 5.41) is 10.6. The number of nitrogens with one attached hydrogen (secondary N) is 1. The fourth-order valence-electron chi connectivity index (χ4n) is 1.52. The summed E-state index contributed by atoms with van der Waals surface area (Å²) in [5.74, 6) is -2.02. The van der Waals surface area contributed by atoms with Crippen molar-refractivity contribution in [1.82, 2.24) is 0 Å². The Hall–Kier alpha value is -2.41. The first-order valence-electron chi connectivity index (χ1n) is 5.48. The molecule has 0 atom stereocenters. The van der Waals surface area contributed by atoms with Gasteiger partial charge in [-0.2, -0.15) is 0 Å². The maximum atomic E-state index is 13.0. The first kappa shape index (κ1) is 14.0. The molecule has 0 amide bonds. The van der Waals surface area contributed by atoms with Crippen molar-refractivity contribution in [3.05, 3.63) is 59.9 Å². The lowest BCUT2D eigenvalue weighted by Crippen LogP contribution is -2.22. The number of carboxylic acid groups (broad SMARTS) is 1. The Bertz CT molecular complexity index is 741. The van der Waals surface area contributed by atoms with Crippen molar-refractivity contribution >= 4 is 21.7 Å². The third-order valence-corrected chi connectivity index (χ3v) is 3.86. The molecule has 0 unspecified atom stereocenters. The molecule has 0 bridgehead atoms. The summed E-state index contributed by atoms with van der Waals surface area (Å²) in [7, 11) is -3.92. The van der Waals surface area contributed by atoms with Crippen LogP contribution in [0.1, 0.15) is 10.4 Å². The number of rotatable bonds is 4. The Labute approximate surface area is 114 Å². The fraction of sp³-hybridized carbons (Fsp3) is 0. The molecule has 2 rings (SSSR count). The van der Waals surface area contributed by atoms with Gasteiger partial charge >= 0.3 is 0 Å². The van der Waals surface area contributed by atoms with Gasteiger partial charge in [0.25, 0.3) is 10.0 Å². The minimum Gasteiger partial charge on any atom is -0.545 e. The monoisotopic (exact) mass is 294 g/mol. The van der Waals surface area contributed by atoms with Gasteiger partial charge in [-0.1, -0.05) is 18.2 Å². The van der Waals surface area contributed by atoms with Gasteiger partial charge in [0.05, 0.1) is 10.9 Å². The molecule has 0 radical (unpaired) electrons. The molecule has 2 aromatic rings. The molecule has 0 heterocycles. The van der Waals surface area contributed by atoms with Gasteiger partial charge in [-0.3, -0.25) is 4.72 Å². The molecule has 2 aromatic carbocycles. The van der Waals surface area contributed by atoms with Gasteiger partial charge in [-0.05, 0) is 35.9 Å². The van der Waals surface area contributed by atoms with Crippen LogP contribution in [0, 0.1) is 5.82 Å². The van der Waals surface area contributed by atoms with Crippen LogP contribution in [0.3, 0.4) is 0 Å². The second-order valence-electron chi connectivity index (χ2n) is 3.93. The molecule has 0 aliphatic carbocycles. The van der Waals surface area contributed by atoms with Crippen LogP contribution in [0.25, 0.3) is 0 Å². The molecule has 1 N–H and O–H groups in total. The smallest absolute Gasteiger partial charge is 0.261 e. The van der Waals surface area contributed by atoms with E-state index in [9.17, 15) is 22.7 Å². The van der Waals surface area contributed by atoms with Gasteiger partial charge in [0, 0.05) is 5.69 Å². The van der Waals surface area contributed by atoms with Gasteiger partial charge in [0.1, 0.15) is 5.82 Å². The van der Waals surface area contributed by atoms with E-state index in [1.807, 2.05) is 0 Å². The molecular formula is C13H9FNO4S-. The van der Waals surface area contributed by atoms with E-state index in [0.717, 1.165) is 12.1 Å². The summed E-state index contributed by atoms with van der Waals surface area (Å²) < 4.78 is 39.2. The van der Waals surface area contributed by atoms with Crippen LogP contribution in [0.15, 0.2) is 53.4 Å². The number of halogens is 1. The predicted molar refractivity (Wildman–Crippen MR) is 68.0 cm³/mol. The normalized spacial score (nSPS) is 11.1. The van der Waals surface area contributed by atoms with Crippen LogP contribution in [0.2, 0.25) is 0 Å². The lowest BCUT2D eigenvalue weighted by atomic mass is 10.2. The lowest BCUT2D eigenvalue weighted by molar-refractivity contribution is -0.255. The fourth-order valence-corrected chi connectivity index (χ4v) is 2.61. The molecule has 7 heteroatoms. The van der Waals surface area contributed by atoms with Gasteiger partial charge in [0.15, 0.2) is 0 Å². The average Bonchev–Trinajstić information content (AvgIpc) is 2.39. The van der Waals surface area contributed by atoms with E-state index in [1.54, 1.807) is 0 Å². The molecule has 0 aliphatic heterocycles. The highest BCUT2D eigenvalue weighted by Gasteiger charge is 2.14.